The highest BCUT2D eigenvalue weighted by Crippen LogP contribution is 2.39. The molecule has 4 nitrogen and oxygen atoms in total. The van der Waals surface area contributed by atoms with E-state index in [4.69, 9.17) is 16.3 Å². The number of hydrogen-bond donors (Lipinski definition) is 2. The summed E-state index contributed by atoms with van der Waals surface area (Å²) in [5.74, 6) is 0.700. The Bertz CT molecular complexity index is 744. The van der Waals surface area contributed by atoms with Crippen LogP contribution in [-0.2, 0) is 5.60 Å². The van der Waals surface area contributed by atoms with Crippen LogP contribution in [0.1, 0.15) is 30.1 Å². The maximum atomic E-state index is 11.0. The molecule has 0 spiro atoms. The summed E-state index contributed by atoms with van der Waals surface area (Å²) < 4.78 is 5.83. The standard InChI is InChI=1S/C20H22ClNO3/c21-15-6-7-18-16(12-15)19(23)17(13-25-18)22-10-8-20(24,9-11-22)14-4-2-1-3-5-14/h1-7,12,17,19,23-24H,8-11,13H2. The summed E-state index contributed by atoms with van der Waals surface area (Å²) in [4.78, 5) is 2.21. The van der Waals surface area contributed by atoms with Gasteiger partial charge in [0.2, 0.25) is 0 Å². The molecule has 4 rings (SSSR count). The summed E-state index contributed by atoms with van der Waals surface area (Å²) in [6.45, 7) is 1.87. The van der Waals surface area contributed by atoms with Gasteiger partial charge in [-0.1, -0.05) is 41.9 Å². The number of fused-ring (bicyclic) bond motifs is 1. The maximum absolute atomic E-state index is 11.0. The van der Waals surface area contributed by atoms with Crippen molar-refractivity contribution in [2.45, 2.75) is 30.6 Å². The minimum Gasteiger partial charge on any atom is -0.491 e. The van der Waals surface area contributed by atoms with Crippen LogP contribution in [0.3, 0.4) is 0 Å². The zero-order chi connectivity index (χ0) is 17.4. The van der Waals surface area contributed by atoms with E-state index in [2.05, 4.69) is 4.90 Å². The molecule has 0 radical (unpaired) electrons. The second kappa shape index (κ2) is 6.61. The van der Waals surface area contributed by atoms with Crippen molar-refractivity contribution in [3.63, 3.8) is 0 Å². The molecular weight excluding hydrogens is 338 g/mol. The monoisotopic (exact) mass is 359 g/mol. The van der Waals surface area contributed by atoms with Crippen LogP contribution in [-0.4, -0.2) is 40.9 Å². The number of rotatable bonds is 2. The van der Waals surface area contributed by atoms with Crippen molar-refractivity contribution < 1.29 is 14.9 Å². The first-order chi connectivity index (χ1) is 12.1. The lowest BCUT2D eigenvalue weighted by Crippen LogP contribution is -2.52. The normalized spacial score (nSPS) is 25.9. The van der Waals surface area contributed by atoms with E-state index >= 15 is 0 Å². The summed E-state index contributed by atoms with van der Waals surface area (Å²) in [7, 11) is 0. The topological polar surface area (TPSA) is 52.9 Å². The number of benzene rings is 2. The highest BCUT2D eigenvalue weighted by Gasteiger charge is 2.40. The lowest BCUT2D eigenvalue weighted by Gasteiger charge is -2.44. The quantitative estimate of drug-likeness (QED) is 0.865. The molecule has 0 aromatic heterocycles. The molecule has 25 heavy (non-hydrogen) atoms. The Morgan fingerprint density at radius 1 is 1.08 bits per heavy atom. The zero-order valence-corrected chi connectivity index (χ0v) is 14.7. The Kier molecular flexibility index (Phi) is 4.46. The summed E-state index contributed by atoms with van der Waals surface area (Å²) in [5, 5.41) is 22.4. The van der Waals surface area contributed by atoms with Crippen molar-refractivity contribution in [1.29, 1.82) is 0 Å². The second-order valence-electron chi connectivity index (χ2n) is 6.94. The molecule has 2 unspecified atom stereocenters. The molecule has 1 saturated heterocycles. The maximum Gasteiger partial charge on any atom is 0.125 e. The van der Waals surface area contributed by atoms with Crippen molar-refractivity contribution in [2.24, 2.45) is 0 Å². The van der Waals surface area contributed by atoms with Crippen molar-refractivity contribution >= 4 is 11.6 Å². The molecule has 2 aromatic rings. The summed E-state index contributed by atoms with van der Waals surface area (Å²) in [6, 6.07) is 15.1. The lowest BCUT2D eigenvalue weighted by molar-refractivity contribution is -0.0664. The van der Waals surface area contributed by atoms with Gasteiger partial charge in [0.05, 0.1) is 11.6 Å². The average molecular weight is 360 g/mol. The molecule has 0 bridgehead atoms. The molecular formula is C20H22ClNO3. The van der Waals surface area contributed by atoms with Crippen LogP contribution in [0.2, 0.25) is 5.02 Å². The molecule has 2 aromatic carbocycles. The molecule has 5 heteroatoms. The summed E-state index contributed by atoms with van der Waals surface area (Å²) in [5.41, 5.74) is 0.916. The van der Waals surface area contributed by atoms with E-state index in [1.165, 1.54) is 0 Å². The first-order valence-electron chi connectivity index (χ1n) is 8.69. The van der Waals surface area contributed by atoms with Crippen molar-refractivity contribution in [2.75, 3.05) is 19.7 Å². The highest BCUT2D eigenvalue weighted by molar-refractivity contribution is 6.30. The fraction of sp³-hybridized carbons (Fsp3) is 0.400. The summed E-state index contributed by atoms with van der Waals surface area (Å²) >= 11 is 6.07. The van der Waals surface area contributed by atoms with Gasteiger partial charge in [0.1, 0.15) is 18.5 Å². The molecule has 2 heterocycles. The van der Waals surface area contributed by atoms with E-state index in [0.717, 1.165) is 11.1 Å². The molecule has 0 amide bonds. The van der Waals surface area contributed by atoms with Gasteiger partial charge in [-0.2, -0.15) is 0 Å². The SMILES string of the molecule is OC1c2cc(Cl)ccc2OCC1N1CCC(O)(c2ccccc2)CC1. The van der Waals surface area contributed by atoms with Gasteiger partial charge in [-0.3, -0.25) is 4.90 Å². The first-order valence-corrected chi connectivity index (χ1v) is 9.07. The van der Waals surface area contributed by atoms with E-state index in [1.807, 2.05) is 36.4 Å². The predicted octanol–water partition coefficient (Wildman–Crippen LogP) is 3.12. The Morgan fingerprint density at radius 3 is 2.52 bits per heavy atom. The smallest absolute Gasteiger partial charge is 0.125 e. The number of likely N-dealkylation sites (tertiary alicyclic amines) is 1. The van der Waals surface area contributed by atoms with E-state index in [9.17, 15) is 10.2 Å². The third-order valence-corrected chi connectivity index (χ3v) is 5.70. The van der Waals surface area contributed by atoms with E-state index in [1.54, 1.807) is 12.1 Å². The van der Waals surface area contributed by atoms with Crippen LogP contribution < -0.4 is 4.74 Å². The van der Waals surface area contributed by atoms with Gasteiger partial charge in [0.25, 0.3) is 0 Å². The molecule has 0 aliphatic carbocycles. The number of halogens is 1. The Hall–Kier alpha value is -1.59. The minimum atomic E-state index is -0.792. The van der Waals surface area contributed by atoms with E-state index < -0.39 is 11.7 Å². The van der Waals surface area contributed by atoms with Crippen LogP contribution >= 0.6 is 11.6 Å². The summed E-state index contributed by atoms with van der Waals surface area (Å²) in [6.07, 6.45) is 0.649. The number of aliphatic hydroxyl groups is 2. The Labute approximate surface area is 152 Å². The Balaban J connectivity index is 1.48. The molecule has 2 N–H and O–H groups in total. The van der Waals surface area contributed by atoms with Crippen molar-refractivity contribution in [3.8, 4) is 5.75 Å². The van der Waals surface area contributed by atoms with Crippen LogP contribution in [0.25, 0.3) is 0 Å². The molecule has 132 valence electrons. The van der Waals surface area contributed by atoms with Gasteiger partial charge in [0.15, 0.2) is 0 Å². The van der Waals surface area contributed by atoms with Crippen LogP contribution in [0, 0.1) is 0 Å². The highest BCUT2D eigenvalue weighted by atomic mass is 35.5. The molecule has 1 fully saturated rings. The predicted molar refractivity (Wildman–Crippen MR) is 96.8 cm³/mol. The van der Waals surface area contributed by atoms with Gasteiger partial charge in [-0.05, 0) is 36.6 Å². The third-order valence-electron chi connectivity index (χ3n) is 5.47. The number of nitrogens with zero attached hydrogens (tertiary/aromatic N) is 1. The fourth-order valence-corrected chi connectivity index (χ4v) is 4.10. The van der Waals surface area contributed by atoms with Crippen LogP contribution in [0.4, 0.5) is 0 Å². The average Bonchev–Trinajstić information content (AvgIpc) is 2.64. The third kappa shape index (κ3) is 3.15. The number of ether oxygens (including phenoxy) is 1. The van der Waals surface area contributed by atoms with Gasteiger partial charge in [-0.25, -0.2) is 0 Å². The van der Waals surface area contributed by atoms with Gasteiger partial charge < -0.3 is 14.9 Å². The Morgan fingerprint density at radius 2 is 1.80 bits per heavy atom. The second-order valence-corrected chi connectivity index (χ2v) is 7.38. The van der Waals surface area contributed by atoms with Crippen molar-refractivity contribution in [3.05, 3.63) is 64.7 Å². The van der Waals surface area contributed by atoms with Gasteiger partial charge >= 0.3 is 0 Å². The van der Waals surface area contributed by atoms with E-state index in [0.29, 0.717) is 43.3 Å². The number of hydrogen-bond acceptors (Lipinski definition) is 4. The lowest BCUT2D eigenvalue weighted by atomic mass is 9.83. The number of piperidine rings is 1. The molecule has 2 atom stereocenters. The van der Waals surface area contributed by atoms with Crippen LogP contribution in [0.15, 0.2) is 48.5 Å². The van der Waals surface area contributed by atoms with Crippen LogP contribution in [0.5, 0.6) is 5.75 Å². The van der Waals surface area contributed by atoms with E-state index in [-0.39, 0.29) is 6.04 Å². The minimum absolute atomic E-state index is 0.119. The zero-order valence-electron chi connectivity index (χ0n) is 13.9. The largest absolute Gasteiger partial charge is 0.491 e. The first kappa shape index (κ1) is 16.9. The molecule has 2 aliphatic rings. The fourth-order valence-electron chi connectivity index (χ4n) is 3.92. The van der Waals surface area contributed by atoms with Crippen molar-refractivity contribution in [1.82, 2.24) is 4.90 Å². The van der Waals surface area contributed by atoms with Gasteiger partial charge in [-0.15, -0.1) is 0 Å². The van der Waals surface area contributed by atoms with Gasteiger partial charge in [0, 0.05) is 23.7 Å². The molecule has 2 aliphatic heterocycles. The number of aliphatic hydroxyl groups excluding tert-OH is 1. The molecule has 0 saturated carbocycles.